The van der Waals surface area contributed by atoms with E-state index in [4.69, 9.17) is 5.84 Å². The fourth-order valence-corrected chi connectivity index (χ4v) is 4.38. The van der Waals surface area contributed by atoms with Crippen molar-refractivity contribution in [3.63, 3.8) is 0 Å². The molecular weight excluding hydrogens is 345 g/mol. The maximum atomic E-state index is 12.4. The van der Waals surface area contributed by atoms with Crippen LogP contribution in [0.5, 0.6) is 0 Å². The number of hydrogen-bond donors (Lipinski definition) is 1. The van der Waals surface area contributed by atoms with Crippen molar-refractivity contribution in [1.82, 2.24) is 3.82 Å². The van der Waals surface area contributed by atoms with Crippen molar-refractivity contribution in [2.45, 2.75) is 32.2 Å². The molecule has 0 saturated carbocycles. The molecule has 128 valence electrons. The van der Waals surface area contributed by atoms with Crippen molar-refractivity contribution in [3.05, 3.63) is 23.1 Å². The molecule has 2 unspecified atom stereocenters. The van der Waals surface area contributed by atoms with Crippen LogP contribution in [0, 0.1) is 11.8 Å². The lowest BCUT2D eigenvalue weighted by atomic mass is 9.87. The molecule has 2 N–H and O–H groups in total. The van der Waals surface area contributed by atoms with Gasteiger partial charge in [0.1, 0.15) is 0 Å². The highest BCUT2D eigenvalue weighted by molar-refractivity contribution is 8.06. The minimum absolute atomic E-state index is 0.0365. The van der Waals surface area contributed by atoms with Gasteiger partial charge in [-0.25, -0.2) is 22.7 Å². The molecule has 11 heteroatoms. The Morgan fingerprint density at radius 2 is 1.91 bits per heavy atom. The third kappa shape index (κ3) is 3.53. The standard InChI is InChI=1S/C11H17F3N2O4S2/c1-3-8(2)9-4-6-10(7-5-9)21(17,18)16(15)22(19,20)11(12,13)14/h4,6-9H,3,5,15H2,1-2H3. The number of sulfonamides is 2. The highest BCUT2D eigenvalue weighted by Gasteiger charge is 2.53. The number of nitrogens with zero attached hydrogens (tertiary/aromatic N) is 1. The van der Waals surface area contributed by atoms with E-state index in [1.807, 2.05) is 13.8 Å². The van der Waals surface area contributed by atoms with Crippen LogP contribution in [-0.4, -0.2) is 26.2 Å². The molecule has 2 atom stereocenters. The van der Waals surface area contributed by atoms with Gasteiger partial charge in [-0.15, -0.1) is 0 Å². The highest BCUT2D eigenvalue weighted by atomic mass is 32.3. The van der Waals surface area contributed by atoms with Gasteiger partial charge in [0.05, 0.1) is 4.91 Å². The number of halogens is 3. The summed E-state index contributed by atoms with van der Waals surface area (Å²) in [6, 6.07) is 0. The number of hydrazine groups is 1. The van der Waals surface area contributed by atoms with E-state index in [2.05, 4.69) is 0 Å². The Hall–Kier alpha value is -0.910. The van der Waals surface area contributed by atoms with Gasteiger partial charge in [0, 0.05) is 0 Å². The predicted octanol–water partition coefficient (Wildman–Crippen LogP) is 1.85. The van der Waals surface area contributed by atoms with Crippen LogP contribution in [0.3, 0.4) is 0 Å². The summed E-state index contributed by atoms with van der Waals surface area (Å²) in [6.07, 6.45) is 4.92. The Kier molecular flexibility index (Phi) is 5.48. The quantitative estimate of drug-likeness (QED) is 0.594. The van der Waals surface area contributed by atoms with E-state index < -0.39 is 34.3 Å². The average Bonchev–Trinajstić information content (AvgIpc) is 2.44. The van der Waals surface area contributed by atoms with Gasteiger partial charge in [-0.1, -0.05) is 32.4 Å². The lowest BCUT2D eigenvalue weighted by Crippen LogP contribution is -2.48. The molecule has 1 aliphatic rings. The summed E-state index contributed by atoms with van der Waals surface area (Å²) in [5.74, 6) is 5.02. The second kappa shape index (κ2) is 6.30. The molecule has 0 amide bonds. The summed E-state index contributed by atoms with van der Waals surface area (Å²) in [6.45, 7) is 3.90. The largest absolute Gasteiger partial charge is 0.513 e. The molecule has 0 spiro atoms. The molecule has 6 nitrogen and oxygen atoms in total. The van der Waals surface area contributed by atoms with E-state index in [-0.39, 0.29) is 18.3 Å². The lowest BCUT2D eigenvalue weighted by molar-refractivity contribution is -0.0469. The van der Waals surface area contributed by atoms with E-state index in [1.165, 1.54) is 12.2 Å². The van der Waals surface area contributed by atoms with Crippen LogP contribution in [0.1, 0.15) is 26.7 Å². The molecule has 0 saturated heterocycles. The van der Waals surface area contributed by atoms with Crippen molar-refractivity contribution in [1.29, 1.82) is 0 Å². The number of nitrogens with two attached hydrogens (primary N) is 1. The molecule has 0 bridgehead atoms. The first-order valence-corrected chi connectivity index (χ1v) is 9.23. The maximum Gasteiger partial charge on any atom is 0.513 e. The number of hydrogen-bond acceptors (Lipinski definition) is 5. The van der Waals surface area contributed by atoms with Crippen molar-refractivity contribution >= 4 is 20.0 Å². The van der Waals surface area contributed by atoms with Crippen LogP contribution in [-0.2, 0) is 20.0 Å². The third-order valence-electron chi connectivity index (χ3n) is 3.54. The number of alkyl halides is 3. The summed E-state index contributed by atoms with van der Waals surface area (Å²) < 4.78 is 82.1. The topological polar surface area (TPSA) is 97.5 Å². The minimum Gasteiger partial charge on any atom is -0.240 e. The highest BCUT2D eigenvalue weighted by Crippen LogP contribution is 2.32. The Morgan fingerprint density at radius 1 is 1.36 bits per heavy atom. The van der Waals surface area contributed by atoms with Gasteiger partial charge in [0.25, 0.3) is 10.0 Å². The van der Waals surface area contributed by atoms with Crippen molar-refractivity contribution in [2.75, 3.05) is 0 Å². The van der Waals surface area contributed by atoms with Crippen LogP contribution in [0.25, 0.3) is 0 Å². The Labute approximate surface area is 127 Å². The third-order valence-corrected chi connectivity index (χ3v) is 7.15. The van der Waals surface area contributed by atoms with Gasteiger partial charge < -0.3 is 0 Å². The fourth-order valence-electron chi connectivity index (χ4n) is 1.87. The Balaban J connectivity index is 3.09. The first kappa shape index (κ1) is 19.1. The molecule has 0 radical (unpaired) electrons. The van der Waals surface area contributed by atoms with E-state index in [1.54, 1.807) is 0 Å². The zero-order chi connectivity index (χ0) is 17.3. The second-order valence-electron chi connectivity index (χ2n) is 4.93. The smallest absolute Gasteiger partial charge is 0.240 e. The van der Waals surface area contributed by atoms with Gasteiger partial charge in [0.2, 0.25) is 0 Å². The van der Waals surface area contributed by atoms with Crippen molar-refractivity contribution in [2.24, 2.45) is 17.7 Å². The first-order valence-electron chi connectivity index (χ1n) is 6.35. The zero-order valence-electron chi connectivity index (χ0n) is 11.9. The molecule has 0 fully saturated rings. The summed E-state index contributed by atoms with van der Waals surface area (Å²) in [5.41, 5.74) is -5.80. The fraction of sp³-hybridized carbons (Fsp3) is 0.636. The summed E-state index contributed by atoms with van der Waals surface area (Å²) in [7, 11) is -11.2. The summed E-state index contributed by atoms with van der Waals surface area (Å²) >= 11 is 0. The van der Waals surface area contributed by atoms with Crippen LogP contribution in [0.4, 0.5) is 13.2 Å². The predicted molar refractivity (Wildman–Crippen MR) is 74.7 cm³/mol. The van der Waals surface area contributed by atoms with E-state index in [0.717, 1.165) is 12.5 Å². The molecule has 0 aromatic carbocycles. The van der Waals surface area contributed by atoms with E-state index >= 15 is 0 Å². The van der Waals surface area contributed by atoms with E-state index in [9.17, 15) is 30.0 Å². The van der Waals surface area contributed by atoms with Gasteiger partial charge in [-0.3, -0.25) is 0 Å². The molecule has 0 heterocycles. The van der Waals surface area contributed by atoms with Crippen molar-refractivity contribution < 1.29 is 30.0 Å². The number of allylic oxidation sites excluding steroid dienone is 3. The zero-order valence-corrected chi connectivity index (χ0v) is 13.5. The van der Waals surface area contributed by atoms with Gasteiger partial charge in [-0.05, 0) is 28.2 Å². The van der Waals surface area contributed by atoms with Crippen LogP contribution in [0.2, 0.25) is 0 Å². The van der Waals surface area contributed by atoms with Crippen LogP contribution < -0.4 is 5.84 Å². The monoisotopic (exact) mass is 362 g/mol. The normalized spacial score (nSPS) is 21.8. The molecular formula is C11H17F3N2O4S2. The molecule has 0 aliphatic heterocycles. The number of rotatable bonds is 5. The van der Waals surface area contributed by atoms with Gasteiger partial charge in [-0.2, -0.15) is 13.2 Å². The van der Waals surface area contributed by atoms with E-state index in [0.29, 0.717) is 0 Å². The maximum absolute atomic E-state index is 12.4. The Bertz CT molecular complexity index is 681. The molecule has 0 aromatic heterocycles. The molecule has 1 rings (SSSR count). The SMILES string of the molecule is CCC(C)C1C=CC(S(=O)(=O)N(N)S(=O)(=O)C(F)(F)F)=CC1. The second-order valence-corrected chi connectivity index (χ2v) is 8.78. The van der Waals surface area contributed by atoms with Gasteiger partial charge in [0.15, 0.2) is 0 Å². The summed E-state index contributed by atoms with van der Waals surface area (Å²) in [5, 5.41) is 0. The molecule has 1 aliphatic carbocycles. The van der Waals surface area contributed by atoms with Crippen LogP contribution >= 0.6 is 0 Å². The lowest BCUT2D eigenvalue weighted by Gasteiger charge is -2.23. The molecule has 22 heavy (non-hydrogen) atoms. The minimum atomic E-state index is -6.17. The van der Waals surface area contributed by atoms with Crippen LogP contribution in [0.15, 0.2) is 23.1 Å². The van der Waals surface area contributed by atoms with Gasteiger partial charge >= 0.3 is 15.5 Å². The Morgan fingerprint density at radius 3 is 2.27 bits per heavy atom. The van der Waals surface area contributed by atoms with Crippen molar-refractivity contribution in [3.8, 4) is 0 Å². The molecule has 0 aromatic rings. The summed E-state index contributed by atoms with van der Waals surface area (Å²) in [4.78, 5) is -0.567. The average molecular weight is 362 g/mol. The first-order chi connectivity index (χ1) is 9.85.